The molecule has 1 saturated heterocycles. The first-order chi connectivity index (χ1) is 10.1. The Labute approximate surface area is 132 Å². The van der Waals surface area contributed by atoms with Crippen LogP contribution in [0.5, 0.6) is 0 Å². The molecule has 0 radical (unpaired) electrons. The molecule has 3 rings (SSSR count). The maximum Gasteiger partial charge on any atom is 0.122 e. The number of likely N-dealkylation sites (tertiary alicyclic amines) is 1. The zero-order valence-electron chi connectivity index (χ0n) is 12.4. The first-order valence-electron chi connectivity index (χ1n) is 8.02. The predicted molar refractivity (Wildman–Crippen MR) is 87.9 cm³/mol. The van der Waals surface area contributed by atoms with Crippen LogP contribution >= 0.6 is 11.6 Å². The van der Waals surface area contributed by atoms with Crippen LogP contribution < -0.4 is 5.73 Å². The molecule has 4 heteroatoms. The van der Waals surface area contributed by atoms with Crippen LogP contribution in [-0.2, 0) is 6.54 Å². The normalized spacial score (nSPS) is 26.3. The summed E-state index contributed by atoms with van der Waals surface area (Å²) in [5.74, 6) is 0.969. The van der Waals surface area contributed by atoms with Gasteiger partial charge in [-0.2, -0.15) is 0 Å². The molecule has 21 heavy (non-hydrogen) atoms. The van der Waals surface area contributed by atoms with Crippen molar-refractivity contribution in [3.05, 3.63) is 34.3 Å². The molecule has 1 aromatic rings. The molecule has 2 aliphatic rings. The Bertz CT molecular complexity index is 527. The van der Waals surface area contributed by atoms with Crippen molar-refractivity contribution in [1.29, 1.82) is 5.41 Å². The number of benzene rings is 1. The number of amidine groups is 1. The molecule has 0 aromatic heterocycles. The number of hydrogen-bond donors (Lipinski definition) is 2. The fourth-order valence-corrected chi connectivity index (χ4v) is 4.23. The number of halogens is 1. The molecule has 1 heterocycles. The van der Waals surface area contributed by atoms with E-state index in [0.717, 1.165) is 29.1 Å². The average molecular weight is 306 g/mol. The summed E-state index contributed by atoms with van der Waals surface area (Å²) in [6.45, 7) is 2.12. The third-order valence-corrected chi connectivity index (χ3v) is 5.45. The van der Waals surface area contributed by atoms with Gasteiger partial charge in [-0.3, -0.25) is 10.3 Å². The second kappa shape index (κ2) is 6.37. The third-order valence-electron chi connectivity index (χ3n) is 5.10. The fourth-order valence-electron chi connectivity index (χ4n) is 3.99. The van der Waals surface area contributed by atoms with E-state index in [-0.39, 0.29) is 5.84 Å². The van der Waals surface area contributed by atoms with Crippen molar-refractivity contribution in [3.63, 3.8) is 0 Å². The molecular formula is C17H24ClN3. The van der Waals surface area contributed by atoms with E-state index >= 15 is 0 Å². The molecule has 1 aromatic carbocycles. The van der Waals surface area contributed by atoms with E-state index in [1.54, 1.807) is 0 Å². The molecule has 114 valence electrons. The summed E-state index contributed by atoms with van der Waals surface area (Å²) in [6.07, 6.45) is 8.23. The number of hydrogen-bond acceptors (Lipinski definition) is 2. The lowest BCUT2D eigenvalue weighted by molar-refractivity contribution is 0.0547. The Morgan fingerprint density at radius 2 is 2.00 bits per heavy atom. The molecular weight excluding hydrogens is 282 g/mol. The van der Waals surface area contributed by atoms with E-state index in [9.17, 15) is 0 Å². The van der Waals surface area contributed by atoms with Crippen LogP contribution in [0.1, 0.15) is 49.7 Å². The predicted octanol–water partition coefficient (Wildman–Crippen LogP) is 3.78. The molecule has 2 atom stereocenters. The molecule has 3 N–H and O–H groups in total. The van der Waals surface area contributed by atoms with Gasteiger partial charge in [-0.05, 0) is 49.8 Å². The number of fused-ring (bicyclic) bond motifs is 1. The minimum atomic E-state index is 0.0776. The summed E-state index contributed by atoms with van der Waals surface area (Å²) in [4.78, 5) is 2.63. The minimum absolute atomic E-state index is 0.0776. The van der Waals surface area contributed by atoms with E-state index in [1.165, 1.54) is 45.1 Å². The zero-order chi connectivity index (χ0) is 14.8. The minimum Gasteiger partial charge on any atom is -0.384 e. The van der Waals surface area contributed by atoms with Crippen molar-refractivity contribution < 1.29 is 0 Å². The van der Waals surface area contributed by atoms with Gasteiger partial charge in [-0.15, -0.1) is 0 Å². The molecule has 1 saturated carbocycles. The van der Waals surface area contributed by atoms with Gasteiger partial charge < -0.3 is 5.73 Å². The number of nitrogen functional groups attached to an aromatic ring is 1. The summed E-state index contributed by atoms with van der Waals surface area (Å²) in [5, 5.41) is 8.22. The maximum absolute atomic E-state index is 7.48. The first kappa shape index (κ1) is 14.9. The summed E-state index contributed by atoms with van der Waals surface area (Å²) < 4.78 is 0. The number of rotatable bonds is 3. The molecule has 0 spiro atoms. The van der Waals surface area contributed by atoms with Crippen LogP contribution in [-0.4, -0.2) is 23.3 Å². The molecule has 0 amide bonds. The maximum atomic E-state index is 7.48. The quantitative estimate of drug-likeness (QED) is 0.659. The van der Waals surface area contributed by atoms with Crippen molar-refractivity contribution >= 4 is 17.4 Å². The van der Waals surface area contributed by atoms with Crippen LogP contribution in [0.3, 0.4) is 0 Å². The second-order valence-electron chi connectivity index (χ2n) is 6.44. The Kier molecular flexibility index (Phi) is 4.51. The van der Waals surface area contributed by atoms with Crippen LogP contribution in [0.25, 0.3) is 0 Å². The smallest absolute Gasteiger partial charge is 0.122 e. The number of nitrogens with one attached hydrogen (secondary N) is 1. The number of piperidine rings is 1. The van der Waals surface area contributed by atoms with Crippen LogP contribution in [0.4, 0.5) is 0 Å². The van der Waals surface area contributed by atoms with Gasteiger partial charge in [0.1, 0.15) is 5.84 Å². The molecule has 3 nitrogen and oxygen atoms in total. The van der Waals surface area contributed by atoms with Gasteiger partial charge in [0.05, 0.1) is 0 Å². The van der Waals surface area contributed by atoms with Crippen molar-refractivity contribution in [2.24, 2.45) is 11.7 Å². The summed E-state index contributed by atoms with van der Waals surface area (Å²) in [6, 6.07) is 6.51. The van der Waals surface area contributed by atoms with Crippen LogP contribution in [0.15, 0.2) is 18.2 Å². The topological polar surface area (TPSA) is 53.1 Å². The van der Waals surface area contributed by atoms with E-state index < -0.39 is 0 Å². The van der Waals surface area contributed by atoms with Gasteiger partial charge >= 0.3 is 0 Å². The monoisotopic (exact) mass is 305 g/mol. The Morgan fingerprint density at radius 1 is 1.24 bits per heavy atom. The Balaban J connectivity index is 1.74. The van der Waals surface area contributed by atoms with Crippen molar-refractivity contribution in [2.75, 3.05) is 6.54 Å². The largest absolute Gasteiger partial charge is 0.384 e. The molecule has 0 unspecified atom stereocenters. The summed E-state index contributed by atoms with van der Waals surface area (Å²) >= 11 is 6.39. The van der Waals surface area contributed by atoms with E-state index in [4.69, 9.17) is 22.7 Å². The Morgan fingerprint density at radius 3 is 2.76 bits per heavy atom. The van der Waals surface area contributed by atoms with E-state index in [2.05, 4.69) is 4.90 Å². The second-order valence-corrected chi connectivity index (χ2v) is 6.85. The van der Waals surface area contributed by atoms with Crippen LogP contribution in [0, 0.1) is 11.3 Å². The van der Waals surface area contributed by atoms with E-state index in [0.29, 0.717) is 5.56 Å². The summed E-state index contributed by atoms with van der Waals surface area (Å²) in [7, 11) is 0. The standard InChI is InChI=1S/C17H24ClN3/c18-15-10-13(17(19)20)7-8-14(15)11-21-9-3-5-12-4-1-2-6-16(12)21/h7-8,10,12,16H,1-6,9,11H2,(H3,19,20)/t12-,16-/m1/s1. The summed E-state index contributed by atoms with van der Waals surface area (Å²) in [5.41, 5.74) is 7.39. The van der Waals surface area contributed by atoms with Crippen molar-refractivity contribution in [3.8, 4) is 0 Å². The van der Waals surface area contributed by atoms with Gasteiger partial charge in [0.15, 0.2) is 0 Å². The lowest BCUT2D eigenvalue weighted by atomic mass is 9.78. The molecule has 1 aliphatic heterocycles. The van der Waals surface area contributed by atoms with Crippen molar-refractivity contribution in [1.82, 2.24) is 4.90 Å². The highest BCUT2D eigenvalue weighted by Crippen LogP contribution is 2.36. The highest BCUT2D eigenvalue weighted by Gasteiger charge is 2.33. The van der Waals surface area contributed by atoms with Gasteiger partial charge in [-0.25, -0.2) is 0 Å². The van der Waals surface area contributed by atoms with E-state index in [1.807, 2.05) is 18.2 Å². The van der Waals surface area contributed by atoms with Crippen molar-refractivity contribution in [2.45, 2.75) is 51.1 Å². The molecule has 1 aliphatic carbocycles. The average Bonchev–Trinajstić information content (AvgIpc) is 2.49. The fraction of sp³-hybridized carbons (Fsp3) is 0.588. The molecule has 2 fully saturated rings. The molecule has 0 bridgehead atoms. The number of nitrogens with two attached hydrogens (primary N) is 1. The van der Waals surface area contributed by atoms with Gasteiger partial charge in [0.25, 0.3) is 0 Å². The SMILES string of the molecule is N=C(N)c1ccc(CN2CCC[C@H]3CCCC[C@H]32)c(Cl)c1. The van der Waals surface area contributed by atoms with Gasteiger partial charge in [0, 0.05) is 23.2 Å². The zero-order valence-corrected chi connectivity index (χ0v) is 13.2. The lowest BCUT2D eigenvalue weighted by Gasteiger charge is -2.44. The third kappa shape index (κ3) is 3.24. The lowest BCUT2D eigenvalue weighted by Crippen LogP contribution is -2.46. The van der Waals surface area contributed by atoms with Crippen LogP contribution in [0.2, 0.25) is 5.02 Å². The highest BCUT2D eigenvalue weighted by atomic mass is 35.5. The highest BCUT2D eigenvalue weighted by molar-refractivity contribution is 6.31. The Hall–Kier alpha value is -1.06. The number of nitrogens with zero attached hydrogens (tertiary/aromatic N) is 1. The van der Waals surface area contributed by atoms with Gasteiger partial charge in [0.2, 0.25) is 0 Å². The first-order valence-corrected chi connectivity index (χ1v) is 8.40. The van der Waals surface area contributed by atoms with Gasteiger partial charge in [-0.1, -0.05) is 36.6 Å².